The van der Waals surface area contributed by atoms with Gasteiger partial charge in [-0.3, -0.25) is 0 Å². The Morgan fingerprint density at radius 3 is 2.50 bits per heavy atom. The van der Waals surface area contributed by atoms with E-state index in [1.165, 1.54) is 11.3 Å². The van der Waals surface area contributed by atoms with Gasteiger partial charge in [-0.25, -0.2) is 8.42 Å². The van der Waals surface area contributed by atoms with E-state index >= 15 is 0 Å². The number of hydrogen-bond acceptors (Lipinski definition) is 4. The number of rotatable bonds is 4. The molecule has 0 radical (unpaired) electrons. The monoisotopic (exact) mass is 316 g/mol. The van der Waals surface area contributed by atoms with Gasteiger partial charge in [-0.05, 0) is 52.3 Å². The van der Waals surface area contributed by atoms with Gasteiger partial charge in [0.15, 0.2) is 0 Å². The average molecular weight is 316 g/mol. The molecule has 0 unspecified atom stereocenters. The second-order valence-corrected chi connectivity index (χ2v) is 8.87. The molecule has 1 aliphatic heterocycles. The van der Waals surface area contributed by atoms with Crippen molar-refractivity contribution >= 4 is 21.4 Å². The van der Waals surface area contributed by atoms with Gasteiger partial charge in [-0.1, -0.05) is 6.42 Å². The molecule has 20 heavy (non-hydrogen) atoms. The van der Waals surface area contributed by atoms with Crippen LogP contribution in [0.15, 0.2) is 10.3 Å². The zero-order valence-electron chi connectivity index (χ0n) is 12.6. The minimum atomic E-state index is -3.36. The maximum atomic E-state index is 12.9. The van der Waals surface area contributed by atoms with Crippen LogP contribution in [0.2, 0.25) is 0 Å². The number of nitrogens with zero attached hydrogens (tertiary/aromatic N) is 1. The zero-order chi connectivity index (χ0) is 14.9. The molecule has 1 fully saturated rings. The third kappa shape index (κ3) is 2.93. The minimum Gasteiger partial charge on any atom is -0.315 e. The van der Waals surface area contributed by atoms with Gasteiger partial charge in [0.2, 0.25) is 0 Å². The summed E-state index contributed by atoms with van der Waals surface area (Å²) in [6.45, 7) is 6.73. The number of sulfonamides is 1. The van der Waals surface area contributed by atoms with E-state index in [9.17, 15) is 8.42 Å². The summed E-state index contributed by atoms with van der Waals surface area (Å²) in [7, 11) is -1.48. The van der Waals surface area contributed by atoms with Crippen LogP contribution in [0.3, 0.4) is 0 Å². The molecule has 0 aliphatic carbocycles. The van der Waals surface area contributed by atoms with Gasteiger partial charge in [0.1, 0.15) is 4.21 Å². The fourth-order valence-corrected chi connectivity index (χ4v) is 6.52. The van der Waals surface area contributed by atoms with Crippen molar-refractivity contribution in [2.75, 3.05) is 7.05 Å². The highest BCUT2D eigenvalue weighted by molar-refractivity contribution is 7.91. The van der Waals surface area contributed by atoms with Crippen molar-refractivity contribution in [1.82, 2.24) is 9.62 Å². The first kappa shape index (κ1) is 15.9. The van der Waals surface area contributed by atoms with Crippen LogP contribution in [0.1, 0.15) is 43.6 Å². The molecule has 2 atom stereocenters. The van der Waals surface area contributed by atoms with Gasteiger partial charge in [0.05, 0.1) is 0 Å². The topological polar surface area (TPSA) is 49.4 Å². The van der Waals surface area contributed by atoms with Crippen LogP contribution < -0.4 is 5.32 Å². The van der Waals surface area contributed by atoms with Gasteiger partial charge >= 0.3 is 0 Å². The van der Waals surface area contributed by atoms with E-state index < -0.39 is 10.0 Å². The summed E-state index contributed by atoms with van der Waals surface area (Å²) >= 11 is 1.40. The molecule has 1 aromatic rings. The molecule has 0 amide bonds. The van der Waals surface area contributed by atoms with Crippen LogP contribution in [0.25, 0.3) is 0 Å². The maximum absolute atomic E-state index is 12.9. The first-order chi connectivity index (χ1) is 9.37. The number of aryl methyl sites for hydroxylation is 1. The molecule has 2 rings (SSSR count). The molecule has 1 aliphatic rings. The van der Waals surface area contributed by atoms with Crippen LogP contribution in [0, 0.1) is 6.92 Å². The second-order valence-electron chi connectivity index (χ2n) is 5.67. The Hall–Kier alpha value is -0.430. The predicted octanol–water partition coefficient (Wildman–Crippen LogP) is 2.73. The van der Waals surface area contributed by atoms with Crippen molar-refractivity contribution in [1.29, 1.82) is 0 Å². The van der Waals surface area contributed by atoms with Gasteiger partial charge in [0, 0.05) is 23.5 Å². The van der Waals surface area contributed by atoms with E-state index in [4.69, 9.17) is 0 Å². The molecular weight excluding hydrogens is 292 g/mol. The highest BCUT2D eigenvalue weighted by Gasteiger charge is 2.36. The Kier molecular flexibility index (Phi) is 4.89. The first-order valence-corrected chi connectivity index (χ1v) is 9.41. The number of piperidine rings is 1. The van der Waals surface area contributed by atoms with E-state index in [2.05, 4.69) is 5.32 Å². The first-order valence-electron chi connectivity index (χ1n) is 7.15. The zero-order valence-corrected chi connectivity index (χ0v) is 14.3. The lowest BCUT2D eigenvalue weighted by molar-refractivity contribution is 0.204. The van der Waals surface area contributed by atoms with E-state index in [0.29, 0.717) is 4.21 Å². The summed E-state index contributed by atoms with van der Waals surface area (Å²) in [5.74, 6) is 0. The summed E-state index contributed by atoms with van der Waals surface area (Å²) in [4.78, 5) is 1.10. The number of nitrogens with one attached hydrogen (secondary N) is 1. The average Bonchev–Trinajstić information content (AvgIpc) is 2.72. The van der Waals surface area contributed by atoms with Crippen LogP contribution in [-0.4, -0.2) is 31.9 Å². The summed E-state index contributed by atoms with van der Waals surface area (Å²) in [5, 5.41) is 3.09. The Morgan fingerprint density at radius 2 is 1.95 bits per heavy atom. The third-order valence-corrected chi connectivity index (χ3v) is 7.79. The second kappa shape index (κ2) is 6.13. The van der Waals surface area contributed by atoms with E-state index in [0.717, 1.165) is 36.2 Å². The minimum absolute atomic E-state index is 0.0962. The van der Waals surface area contributed by atoms with Crippen molar-refractivity contribution in [3.05, 3.63) is 16.5 Å². The van der Waals surface area contributed by atoms with Crippen molar-refractivity contribution in [2.24, 2.45) is 0 Å². The molecule has 0 saturated carbocycles. The SMILES string of the molecule is CNCc1sc(S(=O)(=O)N2[C@H](C)CCC[C@@H]2C)cc1C. The lowest BCUT2D eigenvalue weighted by atomic mass is 10.0. The van der Waals surface area contributed by atoms with E-state index in [1.54, 1.807) is 4.31 Å². The molecule has 1 aromatic heterocycles. The van der Waals surface area contributed by atoms with Crippen molar-refractivity contribution in [3.63, 3.8) is 0 Å². The normalized spacial score (nSPS) is 25.0. The predicted molar refractivity (Wildman–Crippen MR) is 83.6 cm³/mol. The summed E-state index contributed by atoms with van der Waals surface area (Å²) in [6.07, 6.45) is 3.03. The Morgan fingerprint density at radius 1 is 1.35 bits per heavy atom. The van der Waals surface area contributed by atoms with E-state index in [-0.39, 0.29) is 12.1 Å². The fraction of sp³-hybridized carbons (Fsp3) is 0.714. The van der Waals surface area contributed by atoms with Crippen molar-refractivity contribution < 1.29 is 8.42 Å². The molecule has 4 nitrogen and oxygen atoms in total. The number of hydrogen-bond donors (Lipinski definition) is 1. The van der Waals surface area contributed by atoms with Crippen molar-refractivity contribution in [3.8, 4) is 0 Å². The molecule has 114 valence electrons. The fourth-order valence-electron chi connectivity index (χ4n) is 2.93. The third-order valence-electron chi connectivity index (χ3n) is 3.98. The van der Waals surface area contributed by atoms with Crippen LogP contribution >= 0.6 is 11.3 Å². The van der Waals surface area contributed by atoms with Crippen LogP contribution in [-0.2, 0) is 16.6 Å². The highest BCUT2D eigenvalue weighted by atomic mass is 32.2. The van der Waals surface area contributed by atoms with Gasteiger partial charge < -0.3 is 5.32 Å². The maximum Gasteiger partial charge on any atom is 0.253 e. The van der Waals surface area contributed by atoms with Gasteiger partial charge in [-0.15, -0.1) is 11.3 Å². The van der Waals surface area contributed by atoms with Crippen LogP contribution in [0.4, 0.5) is 0 Å². The Bertz CT molecular complexity index is 556. The molecule has 2 heterocycles. The molecule has 0 aromatic carbocycles. The van der Waals surface area contributed by atoms with Gasteiger partial charge in [-0.2, -0.15) is 4.31 Å². The molecule has 0 spiro atoms. The van der Waals surface area contributed by atoms with E-state index in [1.807, 2.05) is 33.9 Å². The molecule has 6 heteroatoms. The highest BCUT2D eigenvalue weighted by Crippen LogP contribution is 2.34. The summed E-state index contributed by atoms with van der Waals surface area (Å²) < 4.78 is 28.0. The summed E-state index contributed by atoms with van der Waals surface area (Å²) in [5.41, 5.74) is 1.06. The lowest BCUT2D eigenvalue weighted by Crippen LogP contribution is -2.47. The number of thiophene rings is 1. The molecule has 1 saturated heterocycles. The van der Waals surface area contributed by atoms with Crippen LogP contribution in [0.5, 0.6) is 0 Å². The largest absolute Gasteiger partial charge is 0.315 e. The lowest BCUT2D eigenvalue weighted by Gasteiger charge is -2.37. The Labute approximate surface area is 126 Å². The quantitative estimate of drug-likeness (QED) is 0.929. The molecule has 1 N–H and O–H groups in total. The Balaban J connectivity index is 2.36. The smallest absolute Gasteiger partial charge is 0.253 e. The van der Waals surface area contributed by atoms with Gasteiger partial charge in [0.25, 0.3) is 10.0 Å². The van der Waals surface area contributed by atoms with Crippen molar-refractivity contribution in [2.45, 2.75) is 62.9 Å². The molecule has 0 bridgehead atoms. The standard InChI is InChI=1S/C14H24N2O2S2/c1-10-8-14(19-13(10)9-15-4)20(17,18)16-11(2)6-5-7-12(16)3/h8,11-12,15H,5-7,9H2,1-4H3/t11-,12+. The molecular formula is C14H24N2O2S2. The summed E-state index contributed by atoms with van der Waals surface area (Å²) in [6, 6.07) is 2.01.